The highest BCUT2D eigenvalue weighted by atomic mass is 16.4. The largest absolute Gasteiger partial charge is 0.481 e. The van der Waals surface area contributed by atoms with Crippen LogP contribution in [0.2, 0.25) is 0 Å². The molecular formula is C27H44N4O11. The van der Waals surface area contributed by atoms with Gasteiger partial charge in [-0.25, -0.2) is 4.79 Å². The van der Waals surface area contributed by atoms with Gasteiger partial charge in [0.1, 0.15) is 18.1 Å². The summed E-state index contributed by atoms with van der Waals surface area (Å²) in [6.07, 6.45) is 6.54. The van der Waals surface area contributed by atoms with E-state index in [1.807, 2.05) is 11.4 Å². The van der Waals surface area contributed by atoms with E-state index in [0.29, 0.717) is 6.42 Å². The minimum absolute atomic E-state index is 0.0385. The SMILES string of the molecule is C=CCNCCCCCCCCCCC(=O)N[C@@H](CC(=O)O)C(=O)N[C@@H](CCC(=O)O)C(=O)N[C@@H](CC(=O)O)C(=O)O. The molecule has 3 amide bonds. The molecule has 0 saturated heterocycles. The number of nitrogens with one attached hydrogen (secondary N) is 4. The lowest BCUT2D eigenvalue weighted by atomic mass is 10.1. The van der Waals surface area contributed by atoms with Crippen LogP contribution in [0.15, 0.2) is 12.7 Å². The van der Waals surface area contributed by atoms with Crippen molar-refractivity contribution in [1.29, 1.82) is 0 Å². The summed E-state index contributed by atoms with van der Waals surface area (Å²) in [7, 11) is 0. The second kappa shape index (κ2) is 22.7. The zero-order valence-corrected chi connectivity index (χ0v) is 23.8. The van der Waals surface area contributed by atoms with Crippen molar-refractivity contribution in [2.75, 3.05) is 13.1 Å². The molecule has 15 nitrogen and oxygen atoms in total. The minimum Gasteiger partial charge on any atom is -0.481 e. The van der Waals surface area contributed by atoms with Gasteiger partial charge in [0.15, 0.2) is 0 Å². The molecule has 8 N–H and O–H groups in total. The van der Waals surface area contributed by atoms with E-state index in [1.165, 1.54) is 0 Å². The molecule has 0 rings (SSSR count). The Morgan fingerprint density at radius 1 is 0.595 bits per heavy atom. The Balaban J connectivity index is 4.88. The Morgan fingerprint density at radius 3 is 1.62 bits per heavy atom. The van der Waals surface area contributed by atoms with E-state index in [-0.39, 0.29) is 6.42 Å². The van der Waals surface area contributed by atoms with Crippen LogP contribution in [0.4, 0.5) is 0 Å². The van der Waals surface area contributed by atoms with Crippen LogP contribution in [0.25, 0.3) is 0 Å². The molecule has 0 radical (unpaired) electrons. The molecule has 42 heavy (non-hydrogen) atoms. The third-order valence-corrected chi connectivity index (χ3v) is 6.10. The quantitative estimate of drug-likeness (QED) is 0.0503. The van der Waals surface area contributed by atoms with Gasteiger partial charge < -0.3 is 41.7 Å². The lowest BCUT2D eigenvalue weighted by Gasteiger charge is -2.23. The maximum Gasteiger partial charge on any atom is 0.326 e. The summed E-state index contributed by atoms with van der Waals surface area (Å²) in [6.45, 7) is 5.40. The van der Waals surface area contributed by atoms with Crippen LogP contribution in [-0.2, 0) is 33.6 Å². The van der Waals surface area contributed by atoms with E-state index in [1.54, 1.807) is 0 Å². The molecule has 0 aliphatic heterocycles. The molecule has 0 aromatic heterocycles. The van der Waals surface area contributed by atoms with Crippen LogP contribution in [-0.4, -0.2) is 93.2 Å². The molecule has 0 aliphatic carbocycles. The highest BCUT2D eigenvalue weighted by Crippen LogP contribution is 2.10. The van der Waals surface area contributed by atoms with Crippen molar-refractivity contribution in [1.82, 2.24) is 21.3 Å². The highest BCUT2D eigenvalue weighted by molar-refractivity contribution is 5.95. The number of carbonyl (C=O) groups excluding carboxylic acids is 3. The highest BCUT2D eigenvalue weighted by Gasteiger charge is 2.31. The van der Waals surface area contributed by atoms with Crippen LogP contribution in [0, 0.1) is 0 Å². The number of carboxylic acid groups (broad SMARTS) is 4. The first-order valence-electron chi connectivity index (χ1n) is 14.0. The number of unbranched alkanes of at least 4 members (excludes halogenated alkanes) is 7. The summed E-state index contributed by atoms with van der Waals surface area (Å²) in [6, 6.07) is -5.09. The molecule has 0 aromatic carbocycles. The van der Waals surface area contributed by atoms with Crippen molar-refractivity contribution in [2.45, 2.75) is 102 Å². The fourth-order valence-corrected chi connectivity index (χ4v) is 3.91. The van der Waals surface area contributed by atoms with Crippen LogP contribution in [0.5, 0.6) is 0 Å². The third kappa shape index (κ3) is 20.0. The zero-order chi connectivity index (χ0) is 31.9. The van der Waals surface area contributed by atoms with Crippen molar-refractivity contribution in [3.63, 3.8) is 0 Å². The van der Waals surface area contributed by atoms with Crippen LogP contribution in [0.3, 0.4) is 0 Å². The van der Waals surface area contributed by atoms with E-state index in [4.69, 9.17) is 15.3 Å². The fourth-order valence-electron chi connectivity index (χ4n) is 3.91. The van der Waals surface area contributed by atoms with Gasteiger partial charge in [0, 0.05) is 19.4 Å². The van der Waals surface area contributed by atoms with Crippen LogP contribution < -0.4 is 21.3 Å². The lowest BCUT2D eigenvalue weighted by Crippen LogP contribution is -2.56. The average Bonchev–Trinajstić information content (AvgIpc) is 2.89. The number of aliphatic carboxylic acids is 4. The number of carboxylic acids is 4. The number of rotatable bonds is 26. The summed E-state index contributed by atoms with van der Waals surface area (Å²) in [5.74, 6) is -8.81. The normalized spacial score (nSPS) is 12.8. The Bertz CT molecular complexity index is 926. The molecule has 15 heteroatoms. The van der Waals surface area contributed by atoms with Crippen molar-refractivity contribution in [3.05, 3.63) is 12.7 Å². The second-order valence-corrected chi connectivity index (χ2v) is 9.78. The van der Waals surface area contributed by atoms with E-state index in [2.05, 4.69) is 22.5 Å². The summed E-state index contributed by atoms with van der Waals surface area (Å²) in [4.78, 5) is 82.3. The summed E-state index contributed by atoms with van der Waals surface area (Å²) in [5, 5.41) is 45.8. The van der Waals surface area contributed by atoms with Gasteiger partial charge in [-0.15, -0.1) is 6.58 Å². The summed E-state index contributed by atoms with van der Waals surface area (Å²) in [5.41, 5.74) is 0. The summed E-state index contributed by atoms with van der Waals surface area (Å²) >= 11 is 0. The molecule has 0 bridgehead atoms. The number of carbonyl (C=O) groups is 7. The molecule has 0 heterocycles. The molecule has 0 aromatic rings. The van der Waals surface area contributed by atoms with Gasteiger partial charge in [0.2, 0.25) is 17.7 Å². The van der Waals surface area contributed by atoms with Crippen LogP contribution >= 0.6 is 0 Å². The molecule has 0 spiro atoms. The smallest absolute Gasteiger partial charge is 0.326 e. The van der Waals surface area contributed by atoms with Gasteiger partial charge in [-0.1, -0.05) is 44.6 Å². The molecule has 238 valence electrons. The Kier molecular flexibility index (Phi) is 20.5. The topological polar surface area (TPSA) is 249 Å². The van der Waals surface area contributed by atoms with Gasteiger partial charge in [0.05, 0.1) is 12.8 Å². The number of amides is 3. The van der Waals surface area contributed by atoms with Crippen molar-refractivity contribution in [3.8, 4) is 0 Å². The monoisotopic (exact) mass is 600 g/mol. The van der Waals surface area contributed by atoms with Gasteiger partial charge >= 0.3 is 23.9 Å². The first-order chi connectivity index (χ1) is 19.9. The second-order valence-electron chi connectivity index (χ2n) is 9.78. The van der Waals surface area contributed by atoms with E-state index < -0.39 is 85.4 Å². The van der Waals surface area contributed by atoms with Crippen LogP contribution in [0.1, 0.15) is 83.5 Å². The molecule has 3 atom stereocenters. The van der Waals surface area contributed by atoms with Crippen molar-refractivity contribution in [2.24, 2.45) is 0 Å². The van der Waals surface area contributed by atoms with E-state index >= 15 is 0 Å². The summed E-state index contributed by atoms with van der Waals surface area (Å²) < 4.78 is 0. The zero-order valence-electron chi connectivity index (χ0n) is 23.8. The number of hydrogen-bond donors (Lipinski definition) is 8. The molecule has 0 aliphatic rings. The third-order valence-electron chi connectivity index (χ3n) is 6.10. The van der Waals surface area contributed by atoms with Crippen molar-refractivity contribution >= 4 is 41.6 Å². The standard InChI is InChI=1S/C27H44N4O11/c1-2-14-28-15-10-8-6-4-3-5-7-9-11-21(32)29-19(16-23(35)36)26(40)30-18(12-13-22(33)34)25(39)31-20(27(41)42)17-24(37)38/h2,18-20,28H,1,3-17H2,(H,29,32)(H,30,40)(H,31,39)(H,33,34)(H,35,36)(H,37,38)(H,41,42)/t18-,19-,20-/m0/s1. The van der Waals surface area contributed by atoms with Gasteiger partial charge in [-0.3, -0.25) is 28.8 Å². The maximum absolute atomic E-state index is 12.8. The lowest BCUT2D eigenvalue weighted by molar-refractivity contribution is -0.147. The Hall–Kier alpha value is -4.01. The molecule has 0 unspecified atom stereocenters. The Labute approximate surface area is 244 Å². The van der Waals surface area contributed by atoms with Crippen molar-refractivity contribution < 1.29 is 54.0 Å². The predicted molar refractivity (Wildman–Crippen MR) is 149 cm³/mol. The molecular weight excluding hydrogens is 556 g/mol. The Morgan fingerprint density at radius 2 is 1.10 bits per heavy atom. The van der Waals surface area contributed by atoms with Gasteiger partial charge in [-0.05, 0) is 25.8 Å². The molecule has 0 fully saturated rings. The fraction of sp³-hybridized carbons (Fsp3) is 0.667. The maximum atomic E-state index is 12.8. The average molecular weight is 601 g/mol. The number of hydrogen-bond acceptors (Lipinski definition) is 8. The first kappa shape index (κ1) is 38.0. The molecule has 0 saturated carbocycles. The predicted octanol–water partition coefficient (Wildman–Crippen LogP) is 0.626. The minimum atomic E-state index is -1.86. The van der Waals surface area contributed by atoms with E-state index in [9.17, 15) is 38.7 Å². The first-order valence-corrected chi connectivity index (χ1v) is 14.0. The van der Waals surface area contributed by atoms with Gasteiger partial charge in [0.25, 0.3) is 0 Å². The van der Waals surface area contributed by atoms with Gasteiger partial charge in [-0.2, -0.15) is 0 Å². The van der Waals surface area contributed by atoms with E-state index in [0.717, 1.165) is 58.0 Å².